The lowest BCUT2D eigenvalue weighted by atomic mass is 10.1. The van der Waals surface area contributed by atoms with Crippen LogP contribution in [0.25, 0.3) is 0 Å². The van der Waals surface area contributed by atoms with E-state index in [2.05, 4.69) is 10.0 Å². The summed E-state index contributed by atoms with van der Waals surface area (Å²) in [6.07, 6.45) is 0. The number of nitro groups is 1. The molecule has 0 atom stereocenters. The molecule has 0 saturated heterocycles. The summed E-state index contributed by atoms with van der Waals surface area (Å²) in [7, 11) is -3.88. The molecule has 0 saturated carbocycles. The molecule has 3 aromatic carbocycles. The summed E-state index contributed by atoms with van der Waals surface area (Å²) in [6, 6.07) is 17.8. The van der Waals surface area contributed by atoms with E-state index in [0.717, 1.165) is 5.56 Å². The zero-order valence-electron chi connectivity index (χ0n) is 15.3. The van der Waals surface area contributed by atoms with Crippen molar-refractivity contribution in [2.75, 3.05) is 10.0 Å². The number of anilines is 2. The van der Waals surface area contributed by atoms with Gasteiger partial charge >= 0.3 is 0 Å². The van der Waals surface area contributed by atoms with Crippen molar-refractivity contribution in [3.63, 3.8) is 0 Å². The first-order valence-corrected chi connectivity index (χ1v) is 9.99. The average molecular weight is 411 g/mol. The lowest BCUT2D eigenvalue weighted by molar-refractivity contribution is -0.384. The van der Waals surface area contributed by atoms with Crippen LogP contribution in [-0.4, -0.2) is 19.2 Å². The predicted molar refractivity (Wildman–Crippen MR) is 109 cm³/mol. The minimum atomic E-state index is -3.88. The molecule has 1 amide bonds. The van der Waals surface area contributed by atoms with Gasteiger partial charge in [-0.1, -0.05) is 29.8 Å². The van der Waals surface area contributed by atoms with Crippen molar-refractivity contribution in [3.05, 3.63) is 94.0 Å². The third-order valence-corrected chi connectivity index (χ3v) is 5.46. The molecule has 0 aliphatic rings. The number of nitrogens with zero attached hydrogens (tertiary/aromatic N) is 1. The normalized spacial score (nSPS) is 10.9. The molecule has 8 nitrogen and oxygen atoms in total. The van der Waals surface area contributed by atoms with Gasteiger partial charge < -0.3 is 5.32 Å². The fraction of sp³-hybridized carbons (Fsp3) is 0.0500. The fourth-order valence-electron chi connectivity index (χ4n) is 2.56. The highest BCUT2D eigenvalue weighted by Crippen LogP contribution is 2.22. The number of rotatable bonds is 6. The molecule has 0 bridgehead atoms. The van der Waals surface area contributed by atoms with Crippen LogP contribution in [0, 0.1) is 17.0 Å². The molecule has 0 fully saturated rings. The maximum atomic E-state index is 12.6. The average Bonchev–Trinajstić information content (AvgIpc) is 2.69. The van der Waals surface area contributed by atoms with Crippen LogP contribution < -0.4 is 10.0 Å². The Bertz CT molecular complexity index is 1160. The Kier molecular flexibility index (Phi) is 5.60. The topological polar surface area (TPSA) is 118 Å². The van der Waals surface area contributed by atoms with Crippen LogP contribution in [0.3, 0.4) is 0 Å². The first-order chi connectivity index (χ1) is 13.8. The van der Waals surface area contributed by atoms with Crippen molar-refractivity contribution in [1.82, 2.24) is 0 Å². The number of sulfonamides is 1. The highest BCUT2D eigenvalue weighted by atomic mass is 32.2. The van der Waals surface area contributed by atoms with Crippen LogP contribution in [0.15, 0.2) is 77.7 Å². The van der Waals surface area contributed by atoms with Crippen molar-refractivity contribution < 1.29 is 18.1 Å². The molecular weight excluding hydrogens is 394 g/mol. The third kappa shape index (κ3) is 4.77. The number of hydrogen-bond donors (Lipinski definition) is 2. The van der Waals surface area contributed by atoms with Gasteiger partial charge in [-0.25, -0.2) is 8.42 Å². The number of nitro benzene ring substituents is 1. The van der Waals surface area contributed by atoms with Crippen LogP contribution in [0.5, 0.6) is 0 Å². The van der Waals surface area contributed by atoms with Gasteiger partial charge in [0.25, 0.3) is 21.6 Å². The van der Waals surface area contributed by atoms with Gasteiger partial charge in [-0.05, 0) is 43.3 Å². The molecule has 3 rings (SSSR count). The third-order valence-electron chi connectivity index (χ3n) is 4.08. The minimum absolute atomic E-state index is 0.0775. The fourth-order valence-corrected chi connectivity index (χ4v) is 3.64. The van der Waals surface area contributed by atoms with Crippen LogP contribution in [0.1, 0.15) is 15.9 Å². The van der Waals surface area contributed by atoms with Crippen LogP contribution in [0.4, 0.5) is 17.1 Å². The Labute approximate surface area is 167 Å². The number of benzene rings is 3. The number of non-ortho nitro benzene ring substituents is 1. The molecule has 0 aliphatic heterocycles. The molecule has 9 heteroatoms. The number of aryl methyl sites for hydroxylation is 1. The van der Waals surface area contributed by atoms with Gasteiger partial charge in [-0.2, -0.15) is 0 Å². The standard InChI is InChI=1S/C20H17N3O5S/c1-14-6-12-17(13-7-14)29(27,28)22-19-5-3-2-4-18(19)20(24)21-15-8-10-16(11-9-15)23(25)26/h2-13,22H,1H3,(H,21,24). The van der Waals surface area contributed by atoms with Gasteiger partial charge in [0.1, 0.15) is 0 Å². The molecule has 0 unspecified atom stereocenters. The maximum absolute atomic E-state index is 12.6. The number of para-hydroxylation sites is 1. The Morgan fingerprint density at radius 1 is 0.931 bits per heavy atom. The number of nitrogens with one attached hydrogen (secondary N) is 2. The number of hydrogen-bond acceptors (Lipinski definition) is 5. The minimum Gasteiger partial charge on any atom is -0.322 e. The van der Waals surface area contributed by atoms with Crippen molar-refractivity contribution in [2.45, 2.75) is 11.8 Å². The highest BCUT2D eigenvalue weighted by Gasteiger charge is 2.19. The van der Waals surface area contributed by atoms with Gasteiger partial charge in [0.15, 0.2) is 0 Å². The van der Waals surface area contributed by atoms with Crippen LogP contribution in [0.2, 0.25) is 0 Å². The zero-order chi connectivity index (χ0) is 21.0. The predicted octanol–water partition coefficient (Wildman–Crippen LogP) is 3.96. The second-order valence-electron chi connectivity index (χ2n) is 6.22. The highest BCUT2D eigenvalue weighted by molar-refractivity contribution is 7.92. The van der Waals surface area contributed by atoms with Gasteiger partial charge in [-0.15, -0.1) is 0 Å². The molecule has 2 N–H and O–H groups in total. The van der Waals surface area contributed by atoms with Crippen molar-refractivity contribution in [1.29, 1.82) is 0 Å². The summed E-state index contributed by atoms with van der Waals surface area (Å²) in [6.45, 7) is 1.85. The quantitative estimate of drug-likeness (QED) is 0.470. The first-order valence-electron chi connectivity index (χ1n) is 8.50. The molecule has 0 aliphatic carbocycles. The summed E-state index contributed by atoms with van der Waals surface area (Å²) >= 11 is 0. The largest absolute Gasteiger partial charge is 0.322 e. The maximum Gasteiger partial charge on any atom is 0.269 e. The van der Waals surface area contributed by atoms with E-state index in [9.17, 15) is 23.3 Å². The number of carbonyl (C=O) groups excluding carboxylic acids is 1. The van der Waals surface area contributed by atoms with Gasteiger partial charge in [-0.3, -0.25) is 19.6 Å². The SMILES string of the molecule is Cc1ccc(S(=O)(=O)Nc2ccccc2C(=O)Nc2ccc([N+](=O)[O-])cc2)cc1. The molecule has 0 radical (unpaired) electrons. The van der Waals surface area contributed by atoms with E-state index in [4.69, 9.17) is 0 Å². The van der Waals surface area contributed by atoms with Crippen LogP contribution >= 0.6 is 0 Å². The summed E-state index contributed by atoms with van der Waals surface area (Å²) < 4.78 is 27.7. The van der Waals surface area contributed by atoms with E-state index >= 15 is 0 Å². The Hall–Kier alpha value is -3.72. The summed E-state index contributed by atoms with van der Waals surface area (Å²) in [5.41, 5.74) is 1.40. The van der Waals surface area contributed by atoms with Crippen molar-refractivity contribution in [2.24, 2.45) is 0 Å². The lowest BCUT2D eigenvalue weighted by Crippen LogP contribution is -2.18. The van der Waals surface area contributed by atoms with Gasteiger partial charge in [0.05, 0.1) is 21.1 Å². The smallest absolute Gasteiger partial charge is 0.269 e. The van der Waals surface area contributed by atoms with E-state index in [1.807, 2.05) is 6.92 Å². The molecule has 29 heavy (non-hydrogen) atoms. The molecule has 0 aromatic heterocycles. The summed E-state index contributed by atoms with van der Waals surface area (Å²) in [5, 5.41) is 13.3. The Balaban J connectivity index is 1.83. The second-order valence-corrected chi connectivity index (χ2v) is 7.90. The molecule has 0 spiro atoms. The zero-order valence-corrected chi connectivity index (χ0v) is 16.1. The summed E-state index contributed by atoms with van der Waals surface area (Å²) in [5.74, 6) is -0.555. The Morgan fingerprint density at radius 3 is 2.17 bits per heavy atom. The summed E-state index contributed by atoms with van der Waals surface area (Å²) in [4.78, 5) is 22.9. The lowest BCUT2D eigenvalue weighted by Gasteiger charge is -2.13. The monoisotopic (exact) mass is 411 g/mol. The molecule has 3 aromatic rings. The van der Waals surface area contributed by atoms with E-state index in [0.29, 0.717) is 5.69 Å². The van der Waals surface area contributed by atoms with Crippen molar-refractivity contribution in [3.8, 4) is 0 Å². The van der Waals surface area contributed by atoms with E-state index in [1.54, 1.807) is 24.3 Å². The molecular formula is C20H17N3O5S. The van der Waals surface area contributed by atoms with E-state index in [1.165, 1.54) is 48.5 Å². The number of carbonyl (C=O) groups is 1. The first kappa shape index (κ1) is 20.0. The van der Waals surface area contributed by atoms with Gasteiger partial charge in [0, 0.05) is 17.8 Å². The van der Waals surface area contributed by atoms with E-state index < -0.39 is 20.9 Å². The number of amides is 1. The Morgan fingerprint density at radius 2 is 1.55 bits per heavy atom. The second kappa shape index (κ2) is 8.11. The molecule has 148 valence electrons. The molecule has 0 heterocycles. The van der Waals surface area contributed by atoms with Crippen molar-refractivity contribution >= 4 is 33.0 Å². The van der Waals surface area contributed by atoms with Crippen LogP contribution in [-0.2, 0) is 10.0 Å². The van der Waals surface area contributed by atoms with E-state index in [-0.39, 0.29) is 21.8 Å². The van der Waals surface area contributed by atoms with Gasteiger partial charge in [0.2, 0.25) is 0 Å².